The van der Waals surface area contributed by atoms with E-state index in [2.05, 4.69) is 10.3 Å². The Morgan fingerprint density at radius 1 is 1.25 bits per heavy atom. The lowest BCUT2D eigenvalue weighted by Crippen LogP contribution is -2.20. The molecule has 0 aliphatic heterocycles. The molecule has 0 saturated heterocycles. The summed E-state index contributed by atoms with van der Waals surface area (Å²) in [6, 6.07) is 0.426. The van der Waals surface area contributed by atoms with E-state index in [9.17, 15) is 0 Å². The number of aliphatic carboxylic acids is 2. The third-order valence-electron chi connectivity index (χ3n) is 0.537. The SMILES string of the molecule is CONC(C)C.O=C(O)C(=O)O. The van der Waals surface area contributed by atoms with E-state index in [1.165, 1.54) is 0 Å². The average Bonchev–Trinajstić information content (AvgIpc) is 1.87. The van der Waals surface area contributed by atoms with E-state index in [0.29, 0.717) is 6.04 Å². The molecule has 3 N–H and O–H groups in total. The van der Waals surface area contributed by atoms with E-state index in [0.717, 1.165) is 0 Å². The Morgan fingerprint density at radius 2 is 1.58 bits per heavy atom. The van der Waals surface area contributed by atoms with E-state index in [1.54, 1.807) is 7.11 Å². The summed E-state index contributed by atoms with van der Waals surface area (Å²) in [6.07, 6.45) is 0. The van der Waals surface area contributed by atoms with Crippen LogP contribution in [0.5, 0.6) is 0 Å². The van der Waals surface area contributed by atoms with Crippen LogP contribution >= 0.6 is 0 Å². The lowest BCUT2D eigenvalue weighted by molar-refractivity contribution is -0.159. The van der Waals surface area contributed by atoms with Crippen LogP contribution in [0.15, 0.2) is 0 Å². The van der Waals surface area contributed by atoms with E-state index in [-0.39, 0.29) is 0 Å². The zero-order valence-electron chi connectivity index (χ0n) is 7.20. The Balaban J connectivity index is 0. The van der Waals surface area contributed by atoms with Crippen LogP contribution < -0.4 is 5.48 Å². The normalized spacial score (nSPS) is 8.67. The molecule has 0 heterocycles. The Morgan fingerprint density at radius 3 is 1.58 bits per heavy atom. The molecule has 0 aromatic carbocycles. The van der Waals surface area contributed by atoms with Crippen molar-refractivity contribution in [2.75, 3.05) is 7.11 Å². The van der Waals surface area contributed by atoms with Gasteiger partial charge in [-0.25, -0.2) is 15.1 Å². The van der Waals surface area contributed by atoms with Gasteiger partial charge in [0.25, 0.3) is 0 Å². The summed E-state index contributed by atoms with van der Waals surface area (Å²) in [5.74, 6) is -3.65. The van der Waals surface area contributed by atoms with E-state index in [1.807, 2.05) is 13.8 Å². The second-order valence-electron chi connectivity index (χ2n) is 2.09. The van der Waals surface area contributed by atoms with Gasteiger partial charge in [0, 0.05) is 6.04 Å². The highest BCUT2D eigenvalue weighted by atomic mass is 16.6. The van der Waals surface area contributed by atoms with Gasteiger partial charge < -0.3 is 15.1 Å². The van der Waals surface area contributed by atoms with Crippen LogP contribution in [0.1, 0.15) is 13.8 Å². The topological polar surface area (TPSA) is 95.9 Å². The molecule has 0 aliphatic carbocycles. The van der Waals surface area contributed by atoms with Gasteiger partial charge in [0.2, 0.25) is 0 Å². The fourth-order valence-corrected chi connectivity index (χ4v) is 0.236. The van der Waals surface area contributed by atoms with Gasteiger partial charge in [0.15, 0.2) is 0 Å². The summed E-state index contributed by atoms with van der Waals surface area (Å²) in [4.78, 5) is 22.8. The Kier molecular flexibility index (Phi) is 8.92. The smallest absolute Gasteiger partial charge is 0.414 e. The predicted molar refractivity (Wildman–Crippen MR) is 40.6 cm³/mol. The molecule has 0 aromatic rings. The van der Waals surface area contributed by atoms with Crippen molar-refractivity contribution in [1.82, 2.24) is 5.48 Å². The largest absolute Gasteiger partial charge is 0.473 e. The van der Waals surface area contributed by atoms with Crippen molar-refractivity contribution < 1.29 is 24.6 Å². The lowest BCUT2D eigenvalue weighted by atomic mass is 10.4. The van der Waals surface area contributed by atoms with Gasteiger partial charge >= 0.3 is 11.9 Å². The van der Waals surface area contributed by atoms with Crippen LogP contribution in [-0.2, 0) is 14.4 Å². The van der Waals surface area contributed by atoms with Crippen molar-refractivity contribution in [3.63, 3.8) is 0 Å². The molecule has 0 bridgehead atoms. The molecule has 6 heteroatoms. The van der Waals surface area contributed by atoms with Gasteiger partial charge in [-0.1, -0.05) is 0 Å². The predicted octanol–water partition coefficient (Wildman–Crippen LogP) is -0.299. The minimum atomic E-state index is -1.82. The molecule has 0 unspecified atom stereocenters. The number of hydroxylamine groups is 1. The second-order valence-corrected chi connectivity index (χ2v) is 2.09. The first kappa shape index (κ1) is 13.4. The fraction of sp³-hybridized carbons (Fsp3) is 0.667. The van der Waals surface area contributed by atoms with Gasteiger partial charge in [-0.15, -0.1) is 0 Å². The van der Waals surface area contributed by atoms with Crippen LogP contribution in [-0.4, -0.2) is 35.3 Å². The molecule has 0 aliphatic rings. The zero-order chi connectivity index (χ0) is 10.1. The van der Waals surface area contributed by atoms with Gasteiger partial charge in [-0.05, 0) is 13.8 Å². The summed E-state index contributed by atoms with van der Waals surface area (Å²) >= 11 is 0. The monoisotopic (exact) mass is 179 g/mol. The quantitative estimate of drug-likeness (QED) is 0.398. The summed E-state index contributed by atoms with van der Waals surface area (Å²) < 4.78 is 0. The molecule has 72 valence electrons. The maximum atomic E-state index is 9.10. The maximum absolute atomic E-state index is 9.10. The summed E-state index contributed by atoms with van der Waals surface area (Å²) in [5.41, 5.74) is 2.71. The number of carboxylic acid groups (broad SMARTS) is 2. The Labute approximate surface area is 70.1 Å². The van der Waals surface area contributed by atoms with Crippen LogP contribution in [0, 0.1) is 0 Å². The van der Waals surface area contributed by atoms with E-state index in [4.69, 9.17) is 19.8 Å². The number of hydrogen-bond acceptors (Lipinski definition) is 4. The molecule has 0 amide bonds. The highest BCUT2D eigenvalue weighted by Crippen LogP contribution is 1.70. The van der Waals surface area contributed by atoms with Crippen LogP contribution in [0.3, 0.4) is 0 Å². The first-order valence-electron chi connectivity index (χ1n) is 3.16. The Bertz CT molecular complexity index is 133. The van der Waals surface area contributed by atoms with E-state index < -0.39 is 11.9 Å². The summed E-state index contributed by atoms with van der Waals surface area (Å²) in [5, 5.41) is 14.8. The van der Waals surface area contributed by atoms with Gasteiger partial charge in [-0.2, -0.15) is 0 Å². The summed E-state index contributed by atoms with van der Waals surface area (Å²) in [6.45, 7) is 4.03. The van der Waals surface area contributed by atoms with E-state index >= 15 is 0 Å². The van der Waals surface area contributed by atoms with Crippen molar-refractivity contribution in [2.45, 2.75) is 19.9 Å². The first-order valence-corrected chi connectivity index (χ1v) is 3.16. The number of nitrogens with one attached hydrogen (secondary N) is 1. The fourth-order valence-electron chi connectivity index (χ4n) is 0.236. The zero-order valence-corrected chi connectivity index (χ0v) is 7.20. The van der Waals surface area contributed by atoms with Crippen LogP contribution in [0.2, 0.25) is 0 Å². The number of carboxylic acids is 2. The van der Waals surface area contributed by atoms with Crippen molar-refractivity contribution in [3.05, 3.63) is 0 Å². The highest BCUT2D eigenvalue weighted by molar-refractivity contribution is 6.27. The molecule has 12 heavy (non-hydrogen) atoms. The number of rotatable bonds is 2. The lowest BCUT2D eigenvalue weighted by Gasteiger charge is -2.01. The van der Waals surface area contributed by atoms with Crippen LogP contribution in [0.4, 0.5) is 0 Å². The number of hydrogen-bond donors (Lipinski definition) is 3. The van der Waals surface area contributed by atoms with Gasteiger partial charge in [0.1, 0.15) is 0 Å². The molecular formula is C6H13NO5. The number of carbonyl (C=O) groups is 2. The molecule has 6 nitrogen and oxygen atoms in total. The summed E-state index contributed by atoms with van der Waals surface area (Å²) in [7, 11) is 1.61. The standard InChI is InChI=1S/C4H11NO.C2H2O4/c1-4(2)5-6-3;3-1(4)2(5)6/h4-5H,1-3H3;(H,3,4)(H,5,6). The van der Waals surface area contributed by atoms with Crippen LogP contribution in [0.25, 0.3) is 0 Å². The molecule has 0 rings (SSSR count). The molecular weight excluding hydrogens is 166 g/mol. The molecule has 0 saturated carbocycles. The molecule has 0 spiro atoms. The molecule has 0 fully saturated rings. The maximum Gasteiger partial charge on any atom is 0.414 e. The first-order chi connectivity index (χ1) is 5.41. The molecule has 0 radical (unpaired) electrons. The minimum Gasteiger partial charge on any atom is -0.473 e. The van der Waals surface area contributed by atoms with Crippen molar-refractivity contribution >= 4 is 11.9 Å². The molecule has 0 atom stereocenters. The van der Waals surface area contributed by atoms with Crippen molar-refractivity contribution in [3.8, 4) is 0 Å². The third kappa shape index (κ3) is 15.9. The minimum absolute atomic E-state index is 0.426. The molecule has 0 aromatic heterocycles. The second kappa shape index (κ2) is 7.96. The Hall–Kier alpha value is -1.14. The van der Waals surface area contributed by atoms with Gasteiger partial charge in [-0.3, -0.25) is 0 Å². The average molecular weight is 179 g/mol. The van der Waals surface area contributed by atoms with Crippen molar-refractivity contribution in [2.24, 2.45) is 0 Å². The third-order valence-corrected chi connectivity index (χ3v) is 0.537. The van der Waals surface area contributed by atoms with Crippen molar-refractivity contribution in [1.29, 1.82) is 0 Å². The van der Waals surface area contributed by atoms with Gasteiger partial charge in [0.05, 0.1) is 7.11 Å². The highest BCUT2D eigenvalue weighted by Gasteiger charge is 2.04.